The number of carbonyl (C=O) groups excluding carboxylic acids is 1. The number of benzene rings is 1. The zero-order valence-electron chi connectivity index (χ0n) is 13.9. The number of piperazine rings is 1. The van der Waals surface area contributed by atoms with Crippen LogP contribution < -0.4 is 5.32 Å². The zero-order valence-corrected chi connectivity index (χ0v) is 14.6. The predicted octanol–water partition coefficient (Wildman–Crippen LogP) is 2.94. The van der Waals surface area contributed by atoms with Crippen molar-refractivity contribution >= 4 is 28.5 Å². The Morgan fingerprint density at radius 1 is 1.36 bits per heavy atom. The highest BCUT2D eigenvalue weighted by Gasteiger charge is 2.28. The average Bonchev–Trinajstić information content (AvgIpc) is 3.21. The molecule has 1 saturated heterocycles. The Hall–Kier alpha value is -2.38. The molecule has 0 spiro atoms. The van der Waals surface area contributed by atoms with Crippen LogP contribution in [0.4, 0.5) is 0 Å². The van der Waals surface area contributed by atoms with Crippen LogP contribution in [-0.2, 0) is 4.79 Å². The van der Waals surface area contributed by atoms with Gasteiger partial charge in [0.2, 0.25) is 17.6 Å². The Labute approximate surface area is 148 Å². The number of amides is 1. The molecule has 1 fully saturated rings. The van der Waals surface area contributed by atoms with Gasteiger partial charge in [-0.25, -0.2) is 0 Å². The third-order valence-electron chi connectivity index (χ3n) is 4.38. The molecule has 2 aromatic heterocycles. The molecule has 0 radical (unpaired) electrons. The Balaban J connectivity index is 1.65. The molecule has 7 nitrogen and oxygen atoms in total. The van der Waals surface area contributed by atoms with Crippen molar-refractivity contribution in [2.24, 2.45) is 0 Å². The molecular weight excluding hydrogens is 344 g/mol. The highest BCUT2D eigenvalue weighted by atomic mass is 35.5. The van der Waals surface area contributed by atoms with Crippen LogP contribution in [0.25, 0.3) is 22.6 Å². The predicted molar refractivity (Wildman–Crippen MR) is 92.3 cm³/mol. The first-order valence-electron chi connectivity index (χ1n) is 8.07. The van der Waals surface area contributed by atoms with E-state index in [1.807, 2.05) is 32.0 Å². The minimum Gasteiger partial charge on any atom is -0.452 e. The summed E-state index contributed by atoms with van der Waals surface area (Å²) in [6.45, 7) is 5.50. The van der Waals surface area contributed by atoms with E-state index in [0.717, 1.165) is 23.1 Å². The highest BCUT2D eigenvalue weighted by Crippen LogP contribution is 2.31. The molecule has 1 aromatic carbocycles. The van der Waals surface area contributed by atoms with Crippen molar-refractivity contribution in [3.8, 4) is 11.6 Å². The number of furan rings is 1. The molecule has 1 N–H and O–H groups in total. The number of fused-ring (bicyclic) bond motifs is 1. The van der Waals surface area contributed by atoms with Crippen LogP contribution in [0, 0.1) is 6.92 Å². The fraction of sp³-hybridized carbons (Fsp3) is 0.353. The summed E-state index contributed by atoms with van der Waals surface area (Å²) < 4.78 is 11.2. The lowest BCUT2D eigenvalue weighted by Crippen LogP contribution is -2.48. The first-order chi connectivity index (χ1) is 12.0. The minimum absolute atomic E-state index is 0.0208. The van der Waals surface area contributed by atoms with Gasteiger partial charge in [-0.15, -0.1) is 0 Å². The van der Waals surface area contributed by atoms with Crippen LogP contribution in [0.15, 0.2) is 27.1 Å². The third kappa shape index (κ3) is 2.89. The van der Waals surface area contributed by atoms with Gasteiger partial charge in [-0.2, -0.15) is 4.98 Å². The molecule has 1 atom stereocenters. The number of hydrogen-bond donors (Lipinski definition) is 1. The molecule has 3 heterocycles. The third-order valence-corrected chi connectivity index (χ3v) is 4.60. The lowest BCUT2D eigenvalue weighted by atomic mass is 10.2. The van der Waals surface area contributed by atoms with Crippen LogP contribution in [-0.4, -0.2) is 40.6 Å². The van der Waals surface area contributed by atoms with Gasteiger partial charge in [0.25, 0.3) is 0 Å². The van der Waals surface area contributed by atoms with E-state index in [0.29, 0.717) is 35.6 Å². The molecular formula is C17H17ClN4O3. The maximum absolute atomic E-state index is 12.0. The van der Waals surface area contributed by atoms with Crippen molar-refractivity contribution < 1.29 is 13.7 Å². The maximum Gasteiger partial charge on any atom is 0.249 e. The van der Waals surface area contributed by atoms with Crippen LogP contribution in [0.3, 0.4) is 0 Å². The van der Waals surface area contributed by atoms with Gasteiger partial charge in [-0.1, -0.05) is 16.8 Å². The van der Waals surface area contributed by atoms with Crippen LogP contribution in [0.2, 0.25) is 5.02 Å². The second-order valence-electron chi connectivity index (χ2n) is 6.15. The molecule has 1 aliphatic heterocycles. The number of rotatable bonds is 3. The van der Waals surface area contributed by atoms with E-state index in [1.165, 1.54) is 0 Å². The molecule has 0 aliphatic carbocycles. The summed E-state index contributed by atoms with van der Waals surface area (Å²) in [5.74, 6) is 1.28. The van der Waals surface area contributed by atoms with E-state index in [1.54, 1.807) is 4.90 Å². The monoisotopic (exact) mass is 360 g/mol. The first-order valence-corrected chi connectivity index (χ1v) is 8.44. The van der Waals surface area contributed by atoms with E-state index in [2.05, 4.69) is 15.5 Å². The van der Waals surface area contributed by atoms with Gasteiger partial charge in [0, 0.05) is 23.5 Å². The molecule has 25 heavy (non-hydrogen) atoms. The Bertz CT molecular complexity index is 949. The lowest BCUT2D eigenvalue weighted by Gasteiger charge is -2.30. The molecule has 0 saturated carbocycles. The number of aryl methyl sites for hydroxylation is 1. The summed E-state index contributed by atoms with van der Waals surface area (Å²) in [5, 5.41) is 8.59. The van der Waals surface area contributed by atoms with Crippen molar-refractivity contribution in [1.82, 2.24) is 20.4 Å². The summed E-state index contributed by atoms with van der Waals surface area (Å²) >= 11 is 6.09. The smallest absolute Gasteiger partial charge is 0.249 e. The number of halogens is 1. The highest BCUT2D eigenvalue weighted by molar-refractivity contribution is 6.31. The van der Waals surface area contributed by atoms with Crippen LogP contribution in [0.1, 0.15) is 24.4 Å². The fourth-order valence-corrected chi connectivity index (χ4v) is 3.34. The number of nitrogens with zero attached hydrogens (tertiary/aromatic N) is 3. The van der Waals surface area contributed by atoms with Gasteiger partial charge in [0.05, 0.1) is 6.54 Å². The van der Waals surface area contributed by atoms with E-state index in [4.69, 9.17) is 20.5 Å². The molecule has 3 aromatic rings. The summed E-state index contributed by atoms with van der Waals surface area (Å²) in [6, 6.07) is 5.23. The first kappa shape index (κ1) is 16.1. The van der Waals surface area contributed by atoms with Gasteiger partial charge in [-0.05, 0) is 37.6 Å². The van der Waals surface area contributed by atoms with E-state index in [-0.39, 0.29) is 11.9 Å². The van der Waals surface area contributed by atoms with Crippen molar-refractivity contribution in [3.63, 3.8) is 0 Å². The lowest BCUT2D eigenvalue weighted by molar-refractivity contribution is -0.134. The molecule has 0 bridgehead atoms. The SMILES string of the molecule is Cc1cc(Cl)cc2cc(-c3noc(C(C)N4CCNCC4=O)n3)oc12. The summed E-state index contributed by atoms with van der Waals surface area (Å²) in [6.07, 6.45) is 0. The Kier molecular flexibility index (Phi) is 3.97. The normalized spacial score (nSPS) is 16.6. The topological polar surface area (TPSA) is 84.4 Å². The molecule has 130 valence electrons. The van der Waals surface area contributed by atoms with Crippen LogP contribution >= 0.6 is 11.6 Å². The van der Waals surface area contributed by atoms with Gasteiger partial charge in [0.15, 0.2) is 5.76 Å². The quantitative estimate of drug-likeness (QED) is 0.773. The van der Waals surface area contributed by atoms with E-state index >= 15 is 0 Å². The molecule has 8 heteroatoms. The average molecular weight is 361 g/mol. The van der Waals surface area contributed by atoms with Crippen molar-refractivity contribution in [2.75, 3.05) is 19.6 Å². The molecule has 1 unspecified atom stereocenters. The number of hydrogen-bond acceptors (Lipinski definition) is 6. The Morgan fingerprint density at radius 3 is 3.00 bits per heavy atom. The second-order valence-corrected chi connectivity index (χ2v) is 6.58. The summed E-state index contributed by atoms with van der Waals surface area (Å²) in [4.78, 5) is 18.2. The Morgan fingerprint density at radius 2 is 2.20 bits per heavy atom. The molecule has 4 rings (SSSR count). The van der Waals surface area contributed by atoms with Crippen molar-refractivity contribution in [1.29, 1.82) is 0 Å². The largest absolute Gasteiger partial charge is 0.452 e. The minimum atomic E-state index is -0.281. The number of aromatic nitrogens is 2. The van der Waals surface area contributed by atoms with Gasteiger partial charge < -0.3 is 19.2 Å². The van der Waals surface area contributed by atoms with Gasteiger partial charge >= 0.3 is 0 Å². The summed E-state index contributed by atoms with van der Waals surface area (Å²) in [7, 11) is 0. The standard InChI is InChI=1S/C17H17ClN4O3/c1-9-5-12(18)6-11-7-13(24-15(9)11)16-20-17(25-21-16)10(2)22-4-3-19-8-14(22)23/h5-7,10,19H,3-4,8H2,1-2H3. The molecule has 1 amide bonds. The second kappa shape index (κ2) is 6.16. The zero-order chi connectivity index (χ0) is 17.6. The number of carbonyl (C=O) groups is 1. The fourth-order valence-electron chi connectivity index (χ4n) is 3.06. The number of nitrogens with one attached hydrogen (secondary N) is 1. The maximum atomic E-state index is 12.0. The van der Waals surface area contributed by atoms with Crippen molar-refractivity contribution in [3.05, 3.63) is 34.7 Å². The molecule has 1 aliphatic rings. The van der Waals surface area contributed by atoms with Gasteiger partial charge in [-0.3, -0.25) is 4.79 Å². The van der Waals surface area contributed by atoms with Gasteiger partial charge in [0.1, 0.15) is 11.6 Å². The van der Waals surface area contributed by atoms with Crippen molar-refractivity contribution in [2.45, 2.75) is 19.9 Å². The van der Waals surface area contributed by atoms with Crippen LogP contribution in [0.5, 0.6) is 0 Å². The summed E-state index contributed by atoms with van der Waals surface area (Å²) in [5.41, 5.74) is 1.69. The van der Waals surface area contributed by atoms with E-state index < -0.39 is 0 Å². The van der Waals surface area contributed by atoms with E-state index in [9.17, 15) is 4.79 Å².